The number of halogens is 1. The Morgan fingerprint density at radius 3 is 3.12 bits per heavy atom. The van der Waals surface area contributed by atoms with Crippen LogP contribution in [0.4, 0.5) is 0 Å². The van der Waals surface area contributed by atoms with Gasteiger partial charge in [-0.2, -0.15) is 0 Å². The highest BCUT2D eigenvalue weighted by Crippen LogP contribution is 2.26. The third-order valence-corrected chi connectivity index (χ3v) is 3.50. The number of rotatable bonds is 3. The van der Waals surface area contributed by atoms with Crippen LogP contribution in [0.2, 0.25) is 5.02 Å². The number of hydrogen-bond acceptors (Lipinski definition) is 2. The lowest BCUT2D eigenvalue weighted by Gasteiger charge is -2.29. The first-order chi connectivity index (χ1) is 8.22. The maximum atomic E-state index is 11.9. The van der Waals surface area contributed by atoms with Crippen LogP contribution in [-0.4, -0.2) is 30.9 Å². The molecule has 0 spiro atoms. The van der Waals surface area contributed by atoms with Crippen molar-refractivity contribution in [3.63, 3.8) is 0 Å². The van der Waals surface area contributed by atoms with Crippen molar-refractivity contribution < 1.29 is 4.79 Å². The molecule has 0 aliphatic carbocycles. The Bertz CT molecular complexity index is 420. The zero-order valence-corrected chi connectivity index (χ0v) is 10.8. The molecule has 1 aromatic rings. The predicted octanol–water partition coefficient (Wildman–Crippen LogP) is 1.83. The van der Waals surface area contributed by atoms with Crippen molar-refractivity contribution in [1.29, 1.82) is 0 Å². The average molecular weight is 253 g/mol. The van der Waals surface area contributed by atoms with Crippen LogP contribution in [0.25, 0.3) is 0 Å². The van der Waals surface area contributed by atoms with Gasteiger partial charge >= 0.3 is 0 Å². The Labute approximate surface area is 107 Å². The van der Waals surface area contributed by atoms with Gasteiger partial charge in [-0.15, -0.1) is 0 Å². The molecule has 0 aromatic heterocycles. The number of nitrogens with zero attached hydrogens (tertiary/aromatic N) is 1. The van der Waals surface area contributed by atoms with Gasteiger partial charge in [-0.05, 0) is 30.7 Å². The van der Waals surface area contributed by atoms with E-state index in [0.717, 1.165) is 24.5 Å². The maximum Gasteiger partial charge on any atom is 0.224 e. The summed E-state index contributed by atoms with van der Waals surface area (Å²) < 4.78 is 0. The zero-order chi connectivity index (χ0) is 12.3. The second-order valence-corrected chi connectivity index (χ2v) is 4.70. The Kier molecular flexibility index (Phi) is 4.02. The summed E-state index contributed by atoms with van der Waals surface area (Å²) >= 11 is 6.14. The van der Waals surface area contributed by atoms with Crippen LogP contribution >= 0.6 is 11.6 Å². The van der Waals surface area contributed by atoms with Crippen LogP contribution in [0.1, 0.15) is 17.5 Å². The fourth-order valence-corrected chi connectivity index (χ4v) is 2.45. The van der Waals surface area contributed by atoms with E-state index in [1.54, 1.807) is 0 Å². The monoisotopic (exact) mass is 252 g/mol. The highest BCUT2D eigenvalue weighted by molar-refractivity contribution is 6.31. The van der Waals surface area contributed by atoms with Crippen LogP contribution in [-0.2, 0) is 17.8 Å². The van der Waals surface area contributed by atoms with E-state index in [2.05, 4.69) is 11.4 Å². The minimum atomic E-state index is 0.213. The van der Waals surface area contributed by atoms with E-state index in [-0.39, 0.29) is 5.91 Å². The summed E-state index contributed by atoms with van der Waals surface area (Å²) in [7, 11) is 1.86. The van der Waals surface area contributed by atoms with E-state index >= 15 is 0 Å². The van der Waals surface area contributed by atoms with Gasteiger partial charge in [0.05, 0.1) is 0 Å². The number of fused-ring (bicyclic) bond motifs is 1. The molecule has 0 fully saturated rings. The second kappa shape index (κ2) is 5.52. The topological polar surface area (TPSA) is 32.3 Å². The van der Waals surface area contributed by atoms with Crippen LogP contribution in [0.15, 0.2) is 18.2 Å². The van der Waals surface area contributed by atoms with Gasteiger partial charge in [0.1, 0.15) is 0 Å². The number of carbonyl (C=O) groups is 1. The van der Waals surface area contributed by atoms with E-state index in [1.807, 2.05) is 24.1 Å². The summed E-state index contributed by atoms with van der Waals surface area (Å²) in [6.07, 6.45) is 1.42. The minimum Gasteiger partial charge on any atom is -0.338 e. The average Bonchev–Trinajstić information content (AvgIpc) is 2.36. The lowest BCUT2D eigenvalue weighted by Crippen LogP contribution is -2.37. The summed E-state index contributed by atoms with van der Waals surface area (Å²) in [5, 5.41) is 3.82. The number of amides is 1. The molecule has 0 radical (unpaired) electrons. The molecular weight excluding hydrogens is 236 g/mol. The van der Waals surface area contributed by atoms with Crippen LogP contribution in [0, 0.1) is 0 Å². The van der Waals surface area contributed by atoms with Crippen molar-refractivity contribution in [2.75, 3.05) is 20.1 Å². The molecule has 0 atom stereocenters. The highest BCUT2D eigenvalue weighted by Gasteiger charge is 2.21. The van der Waals surface area contributed by atoms with E-state index < -0.39 is 0 Å². The Morgan fingerprint density at radius 2 is 2.35 bits per heavy atom. The minimum absolute atomic E-state index is 0.213. The summed E-state index contributed by atoms with van der Waals surface area (Å²) in [6.45, 7) is 2.20. The Morgan fingerprint density at radius 1 is 1.53 bits per heavy atom. The van der Waals surface area contributed by atoms with E-state index in [4.69, 9.17) is 11.6 Å². The summed E-state index contributed by atoms with van der Waals surface area (Å²) in [5.74, 6) is 0.213. The highest BCUT2D eigenvalue weighted by atomic mass is 35.5. The van der Waals surface area contributed by atoms with Crippen molar-refractivity contribution in [3.05, 3.63) is 34.3 Å². The molecule has 4 heteroatoms. The van der Waals surface area contributed by atoms with Crippen molar-refractivity contribution in [3.8, 4) is 0 Å². The molecule has 1 amide bonds. The van der Waals surface area contributed by atoms with Crippen molar-refractivity contribution >= 4 is 17.5 Å². The molecule has 1 aromatic carbocycles. The number of hydrogen-bond donors (Lipinski definition) is 1. The van der Waals surface area contributed by atoms with Gasteiger partial charge in [-0.3, -0.25) is 4.79 Å². The third-order valence-electron chi connectivity index (χ3n) is 3.15. The number of benzene rings is 1. The second-order valence-electron chi connectivity index (χ2n) is 4.30. The predicted molar refractivity (Wildman–Crippen MR) is 69.1 cm³/mol. The fourth-order valence-electron chi connectivity index (χ4n) is 2.17. The normalized spacial score (nSPS) is 14.6. The first-order valence-electron chi connectivity index (χ1n) is 5.91. The number of nitrogens with one attached hydrogen (secondary N) is 1. The first kappa shape index (κ1) is 12.4. The van der Waals surface area contributed by atoms with Gasteiger partial charge < -0.3 is 10.2 Å². The zero-order valence-electron chi connectivity index (χ0n) is 10.0. The molecule has 92 valence electrons. The fraction of sp³-hybridized carbons (Fsp3) is 0.462. The molecule has 3 nitrogen and oxygen atoms in total. The van der Waals surface area contributed by atoms with Gasteiger partial charge in [0.2, 0.25) is 5.91 Å². The van der Waals surface area contributed by atoms with E-state index in [1.165, 1.54) is 11.1 Å². The molecule has 2 rings (SSSR count). The molecule has 1 aliphatic heterocycles. The summed E-state index contributed by atoms with van der Waals surface area (Å²) in [5.41, 5.74) is 2.38. The van der Waals surface area contributed by atoms with Crippen molar-refractivity contribution in [1.82, 2.24) is 10.2 Å². The van der Waals surface area contributed by atoms with Gasteiger partial charge in [0.15, 0.2) is 0 Å². The van der Waals surface area contributed by atoms with Gasteiger partial charge in [0.25, 0.3) is 0 Å². The maximum absolute atomic E-state index is 11.9. The van der Waals surface area contributed by atoms with Gasteiger partial charge in [-0.1, -0.05) is 23.7 Å². The van der Waals surface area contributed by atoms with E-state index in [9.17, 15) is 4.79 Å². The molecule has 0 bridgehead atoms. The van der Waals surface area contributed by atoms with Gasteiger partial charge in [-0.25, -0.2) is 0 Å². The molecular formula is C13H17ClN2O. The van der Waals surface area contributed by atoms with Crippen molar-refractivity contribution in [2.45, 2.75) is 19.4 Å². The van der Waals surface area contributed by atoms with E-state index in [0.29, 0.717) is 13.0 Å². The molecule has 0 saturated carbocycles. The van der Waals surface area contributed by atoms with Crippen LogP contribution in [0.5, 0.6) is 0 Å². The summed E-state index contributed by atoms with van der Waals surface area (Å²) in [4.78, 5) is 13.8. The van der Waals surface area contributed by atoms with Crippen molar-refractivity contribution in [2.24, 2.45) is 0 Å². The lowest BCUT2D eigenvalue weighted by molar-refractivity contribution is -0.132. The molecule has 17 heavy (non-hydrogen) atoms. The van der Waals surface area contributed by atoms with Crippen LogP contribution in [0.3, 0.4) is 0 Å². The molecule has 0 saturated heterocycles. The molecule has 1 N–H and O–H groups in total. The first-order valence-corrected chi connectivity index (χ1v) is 6.29. The summed E-state index contributed by atoms with van der Waals surface area (Å²) in [6, 6.07) is 5.92. The third kappa shape index (κ3) is 2.79. The van der Waals surface area contributed by atoms with Crippen LogP contribution < -0.4 is 5.32 Å². The quantitative estimate of drug-likeness (QED) is 0.890. The largest absolute Gasteiger partial charge is 0.338 e. The lowest BCUT2D eigenvalue weighted by atomic mass is 9.99. The Balaban J connectivity index is 2.06. The molecule has 1 heterocycles. The molecule has 0 unspecified atom stereocenters. The number of carbonyl (C=O) groups excluding carboxylic acids is 1. The Hall–Kier alpha value is -1.06. The standard InChI is InChI=1S/C13H17ClN2O/c1-15-7-5-13(17)16-8-6-11-10(9-16)3-2-4-12(11)14/h2-4,15H,5-9H2,1H3. The SMILES string of the molecule is CNCCC(=O)N1CCc2c(Cl)cccc2C1. The van der Waals surface area contributed by atoms with Gasteiger partial charge in [0, 0.05) is 31.1 Å². The smallest absolute Gasteiger partial charge is 0.224 e. The molecule has 1 aliphatic rings.